The van der Waals surface area contributed by atoms with Gasteiger partial charge in [-0.15, -0.1) is 0 Å². The normalized spacial score (nSPS) is 20.7. The fourth-order valence-electron chi connectivity index (χ4n) is 3.33. The van der Waals surface area contributed by atoms with Crippen LogP contribution in [-0.4, -0.2) is 39.0 Å². The van der Waals surface area contributed by atoms with Crippen LogP contribution in [0.15, 0.2) is 42.6 Å². The zero-order chi connectivity index (χ0) is 18.7. The molecule has 1 N–H and O–H groups in total. The van der Waals surface area contributed by atoms with Crippen molar-refractivity contribution >= 4 is 11.9 Å². The summed E-state index contributed by atoms with van der Waals surface area (Å²) >= 11 is 0. The number of anilines is 1. The number of rotatable bonds is 3. The van der Waals surface area contributed by atoms with Gasteiger partial charge >= 0.3 is 6.09 Å². The lowest BCUT2D eigenvalue weighted by molar-refractivity contribution is 0.00856. The number of nitrogens with one attached hydrogen (secondary N) is 1. The molecule has 0 saturated carbocycles. The molecule has 0 unspecified atom stereocenters. The van der Waals surface area contributed by atoms with Crippen LogP contribution in [0.2, 0.25) is 0 Å². The van der Waals surface area contributed by atoms with E-state index in [1.165, 1.54) is 0 Å². The van der Waals surface area contributed by atoms with Gasteiger partial charge in [-0.1, -0.05) is 30.3 Å². The third-order valence-corrected chi connectivity index (χ3v) is 4.48. The van der Waals surface area contributed by atoms with Gasteiger partial charge in [0.05, 0.1) is 6.04 Å². The first-order chi connectivity index (χ1) is 12.3. The van der Waals surface area contributed by atoms with Crippen molar-refractivity contribution in [3.05, 3.63) is 48.2 Å². The molecule has 0 radical (unpaired) electrons. The third kappa shape index (κ3) is 4.56. The second kappa shape index (κ2) is 7.40. The zero-order valence-corrected chi connectivity index (χ0v) is 16.0. The summed E-state index contributed by atoms with van der Waals surface area (Å²) in [5, 5.41) is 7.90. The van der Waals surface area contributed by atoms with Crippen molar-refractivity contribution < 1.29 is 9.53 Å². The van der Waals surface area contributed by atoms with Gasteiger partial charge in [-0.3, -0.25) is 4.68 Å². The highest BCUT2D eigenvalue weighted by Crippen LogP contribution is 2.33. The monoisotopic (exact) mass is 356 g/mol. The van der Waals surface area contributed by atoms with E-state index in [2.05, 4.69) is 22.5 Å². The van der Waals surface area contributed by atoms with E-state index in [1.54, 1.807) is 4.68 Å². The Kier molecular flexibility index (Phi) is 5.20. The number of aryl methyl sites for hydroxylation is 1. The van der Waals surface area contributed by atoms with E-state index >= 15 is 0 Å². The average Bonchev–Trinajstić information content (AvgIpc) is 2.99. The van der Waals surface area contributed by atoms with Gasteiger partial charge in [0.25, 0.3) is 0 Å². The summed E-state index contributed by atoms with van der Waals surface area (Å²) in [6, 6.07) is 12.4. The number of aromatic nitrogens is 2. The van der Waals surface area contributed by atoms with Crippen LogP contribution < -0.4 is 5.32 Å². The maximum Gasteiger partial charge on any atom is 0.410 e. The number of benzene rings is 1. The van der Waals surface area contributed by atoms with Crippen molar-refractivity contribution in [2.75, 3.05) is 11.9 Å². The summed E-state index contributed by atoms with van der Waals surface area (Å²) in [6.45, 7) is 6.35. The van der Waals surface area contributed by atoms with E-state index in [4.69, 9.17) is 4.74 Å². The number of amides is 1. The van der Waals surface area contributed by atoms with Crippen molar-refractivity contribution in [2.24, 2.45) is 7.05 Å². The van der Waals surface area contributed by atoms with Crippen LogP contribution in [0.1, 0.15) is 45.2 Å². The molecular weight excluding hydrogens is 328 g/mol. The molecule has 2 heterocycles. The molecule has 1 aliphatic heterocycles. The van der Waals surface area contributed by atoms with Crippen LogP contribution in [0.25, 0.3) is 0 Å². The van der Waals surface area contributed by atoms with Gasteiger partial charge in [0.2, 0.25) is 0 Å². The standard InChI is InChI=1S/C20H28N4O2/c1-20(2,3)26-19(25)24-13-10-16(21-18-11-12-23(4)22-18)14-17(24)15-8-6-5-7-9-15/h5-9,11-12,16-17H,10,13-14H2,1-4H3,(H,21,22)/t16-,17+/m1/s1. The Morgan fingerprint density at radius 1 is 1.23 bits per heavy atom. The van der Waals surface area contributed by atoms with Crippen LogP contribution >= 0.6 is 0 Å². The lowest BCUT2D eigenvalue weighted by Crippen LogP contribution is -2.46. The SMILES string of the molecule is Cn1ccc(N[C@@H]2CCN(C(=O)OC(C)(C)C)[C@H](c3ccccc3)C2)n1. The van der Waals surface area contributed by atoms with Crippen LogP contribution in [0, 0.1) is 0 Å². The summed E-state index contributed by atoms with van der Waals surface area (Å²) in [5.74, 6) is 0.870. The smallest absolute Gasteiger partial charge is 0.410 e. The van der Waals surface area contributed by atoms with Crippen molar-refractivity contribution in [1.82, 2.24) is 14.7 Å². The molecular formula is C20H28N4O2. The van der Waals surface area contributed by atoms with Gasteiger partial charge in [-0.2, -0.15) is 5.10 Å². The number of hydrogen-bond acceptors (Lipinski definition) is 4. The number of carbonyl (C=O) groups is 1. The number of carbonyl (C=O) groups excluding carboxylic acids is 1. The highest BCUT2D eigenvalue weighted by atomic mass is 16.6. The first-order valence-corrected chi connectivity index (χ1v) is 9.12. The third-order valence-electron chi connectivity index (χ3n) is 4.48. The fraction of sp³-hybridized carbons (Fsp3) is 0.500. The lowest BCUT2D eigenvalue weighted by Gasteiger charge is -2.40. The Morgan fingerprint density at radius 3 is 2.58 bits per heavy atom. The van der Waals surface area contributed by atoms with E-state index < -0.39 is 5.60 Å². The molecule has 1 saturated heterocycles. The topological polar surface area (TPSA) is 59.4 Å². The summed E-state index contributed by atoms with van der Waals surface area (Å²) in [6.07, 6.45) is 3.36. The molecule has 0 spiro atoms. The minimum Gasteiger partial charge on any atom is -0.444 e. The van der Waals surface area contributed by atoms with Crippen molar-refractivity contribution in [1.29, 1.82) is 0 Å². The molecule has 3 rings (SSSR count). The Morgan fingerprint density at radius 2 is 1.96 bits per heavy atom. The van der Waals surface area contributed by atoms with Gasteiger partial charge < -0.3 is 15.0 Å². The summed E-state index contributed by atoms with van der Waals surface area (Å²) in [5.41, 5.74) is 0.632. The molecule has 6 heteroatoms. The maximum atomic E-state index is 12.7. The number of ether oxygens (including phenoxy) is 1. The largest absolute Gasteiger partial charge is 0.444 e. The van der Waals surface area contributed by atoms with Crippen molar-refractivity contribution in [3.63, 3.8) is 0 Å². The minimum atomic E-state index is -0.499. The fourth-order valence-corrected chi connectivity index (χ4v) is 3.33. The van der Waals surface area contributed by atoms with Gasteiger partial charge in [0.1, 0.15) is 11.4 Å². The van der Waals surface area contributed by atoms with Crippen LogP contribution in [0.4, 0.5) is 10.6 Å². The lowest BCUT2D eigenvalue weighted by atomic mass is 9.92. The highest BCUT2D eigenvalue weighted by molar-refractivity contribution is 5.69. The first kappa shape index (κ1) is 18.3. The molecule has 6 nitrogen and oxygen atoms in total. The molecule has 0 bridgehead atoms. The molecule has 1 amide bonds. The van der Waals surface area contributed by atoms with Gasteiger partial charge in [0.15, 0.2) is 0 Å². The molecule has 1 aromatic carbocycles. The Balaban J connectivity index is 1.77. The number of nitrogens with zero attached hydrogens (tertiary/aromatic N) is 3. The van der Waals surface area contributed by atoms with Gasteiger partial charge in [-0.25, -0.2) is 4.79 Å². The number of piperidine rings is 1. The highest BCUT2D eigenvalue weighted by Gasteiger charge is 2.35. The quantitative estimate of drug-likeness (QED) is 0.904. The predicted octanol–water partition coefficient (Wildman–Crippen LogP) is 3.97. The molecule has 0 aliphatic carbocycles. The second-order valence-corrected chi connectivity index (χ2v) is 7.84. The molecule has 26 heavy (non-hydrogen) atoms. The van der Waals surface area contributed by atoms with Gasteiger partial charge in [0, 0.05) is 31.9 Å². The van der Waals surface area contributed by atoms with Crippen LogP contribution in [0.5, 0.6) is 0 Å². The molecule has 140 valence electrons. The van der Waals surface area contributed by atoms with E-state index in [0.29, 0.717) is 6.54 Å². The Bertz CT molecular complexity index is 736. The summed E-state index contributed by atoms with van der Waals surface area (Å²) < 4.78 is 7.42. The second-order valence-electron chi connectivity index (χ2n) is 7.84. The van der Waals surface area contributed by atoms with Crippen LogP contribution in [-0.2, 0) is 11.8 Å². The zero-order valence-electron chi connectivity index (χ0n) is 16.0. The van der Waals surface area contributed by atoms with E-state index in [1.807, 2.05) is 63.2 Å². The number of hydrogen-bond donors (Lipinski definition) is 1. The van der Waals surface area contributed by atoms with Crippen LogP contribution in [0.3, 0.4) is 0 Å². The average molecular weight is 356 g/mol. The minimum absolute atomic E-state index is 0.0130. The van der Waals surface area contributed by atoms with Crippen molar-refractivity contribution in [3.8, 4) is 0 Å². The molecule has 1 aliphatic rings. The number of likely N-dealkylation sites (tertiary alicyclic amines) is 1. The summed E-state index contributed by atoms with van der Waals surface area (Å²) in [7, 11) is 1.91. The molecule has 2 atom stereocenters. The predicted molar refractivity (Wildman–Crippen MR) is 102 cm³/mol. The molecule has 1 aromatic heterocycles. The molecule has 1 fully saturated rings. The molecule has 2 aromatic rings. The maximum absolute atomic E-state index is 12.7. The van der Waals surface area contributed by atoms with Gasteiger partial charge in [-0.05, 0) is 39.2 Å². The van der Waals surface area contributed by atoms with E-state index in [-0.39, 0.29) is 18.2 Å². The Labute approximate surface area is 155 Å². The van der Waals surface area contributed by atoms with E-state index in [9.17, 15) is 4.79 Å². The summed E-state index contributed by atoms with van der Waals surface area (Å²) in [4.78, 5) is 14.6. The Hall–Kier alpha value is -2.50. The van der Waals surface area contributed by atoms with Crippen molar-refractivity contribution in [2.45, 2.75) is 51.3 Å². The van der Waals surface area contributed by atoms with E-state index in [0.717, 1.165) is 24.2 Å². The first-order valence-electron chi connectivity index (χ1n) is 9.12.